The van der Waals surface area contributed by atoms with Gasteiger partial charge in [-0.2, -0.15) is 21.6 Å². The van der Waals surface area contributed by atoms with Crippen LogP contribution in [0.25, 0.3) is 0 Å². The van der Waals surface area contributed by atoms with Crippen molar-refractivity contribution in [3.63, 3.8) is 0 Å². The number of aldehydes is 1. The number of hydrogen-bond donors (Lipinski definition) is 0. The molecule has 0 aliphatic rings. The molecule has 0 fully saturated rings. The molecule has 0 aliphatic carbocycles. The summed E-state index contributed by atoms with van der Waals surface area (Å²) in [6.45, 7) is -1.12. The molecular weight excluding hydrogens is 189 g/mol. The predicted molar refractivity (Wildman–Crippen MR) is 27.0 cm³/mol. The van der Waals surface area contributed by atoms with Crippen molar-refractivity contribution in [2.45, 2.75) is 5.51 Å². The second-order valence-electron chi connectivity index (χ2n) is 1.35. The first-order valence-corrected chi connectivity index (χ1v) is 3.61. The molecule has 66 valence electrons. The smallest absolute Gasteiger partial charge is 0.301 e. The molecule has 0 unspecified atom stereocenters. The van der Waals surface area contributed by atoms with Crippen LogP contribution in [0.4, 0.5) is 13.2 Å². The highest BCUT2D eigenvalue weighted by atomic mass is 32.2. The Morgan fingerprint density at radius 3 is 2.09 bits per heavy atom. The summed E-state index contributed by atoms with van der Waals surface area (Å²) in [6, 6.07) is 0. The molecule has 0 spiro atoms. The summed E-state index contributed by atoms with van der Waals surface area (Å²) >= 11 is 0. The average molecular weight is 192 g/mol. The Hall–Kier alpha value is -0.630. The van der Waals surface area contributed by atoms with Gasteiger partial charge in [-0.05, 0) is 0 Å². The molecule has 0 aliphatic heterocycles. The topological polar surface area (TPSA) is 60.4 Å². The molecule has 0 bridgehead atoms. The van der Waals surface area contributed by atoms with Gasteiger partial charge in [-0.15, -0.1) is 0 Å². The van der Waals surface area contributed by atoms with Crippen LogP contribution in [0.1, 0.15) is 0 Å². The van der Waals surface area contributed by atoms with E-state index in [4.69, 9.17) is 0 Å². The van der Waals surface area contributed by atoms with E-state index in [2.05, 4.69) is 4.18 Å². The molecule has 0 N–H and O–H groups in total. The number of carbonyl (C=O) groups is 1. The van der Waals surface area contributed by atoms with Crippen molar-refractivity contribution in [1.29, 1.82) is 0 Å². The first-order chi connectivity index (χ1) is 4.81. The largest absolute Gasteiger partial charge is 0.523 e. The van der Waals surface area contributed by atoms with Crippen LogP contribution < -0.4 is 0 Å². The minimum atomic E-state index is -5.59. The zero-order chi connectivity index (χ0) is 9.12. The van der Waals surface area contributed by atoms with Crippen LogP contribution in [0.2, 0.25) is 0 Å². The van der Waals surface area contributed by atoms with Gasteiger partial charge in [0.05, 0.1) is 0 Å². The van der Waals surface area contributed by atoms with E-state index in [9.17, 15) is 26.4 Å². The Labute approximate surface area is 60.1 Å². The molecule has 8 heteroatoms. The minimum absolute atomic E-state index is 0.0940. The Bertz CT molecular complexity index is 227. The SMILES string of the molecule is O=CCOS(=O)(=O)C(F)(F)F. The van der Waals surface area contributed by atoms with Gasteiger partial charge in [0.15, 0.2) is 0 Å². The maximum absolute atomic E-state index is 11.3. The Morgan fingerprint density at radius 2 is 1.82 bits per heavy atom. The summed E-state index contributed by atoms with van der Waals surface area (Å²) in [6.07, 6.45) is -0.0940. The predicted octanol–water partition coefficient (Wildman–Crippen LogP) is 0.0515. The molecular formula is C3H3F3O4S. The van der Waals surface area contributed by atoms with E-state index in [0.717, 1.165) is 0 Å². The summed E-state index contributed by atoms with van der Waals surface area (Å²) in [7, 11) is -5.59. The van der Waals surface area contributed by atoms with Gasteiger partial charge < -0.3 is 4.79 Å². The first-order valence-electron chi connectivity index (χ1n) is 2.20. The minimum Gasteiger partial charge on any atom is -0.301 e. The fourth-order valence-corrected chi connectivity index (χ4v) is 0.553. The van der Waals surface area contributed by atoms with Gasteiger partial charge in [0.25, 0.3) is 0 Å². The standard InChI is InChI=1S/C3H3F3O4S/c4-3(5,6)11(8,9)10-2-1-7/h1H,2H2. The lowest BCUT2D eigenvalue weighted by Gasteiger charge is -2.04. The number of hydrogen-bond acceptors (Lipinski definition) is 4. The van der Waals surface area contributed by atoms with E-state index < -0.39 is 22.2 Å². The zero-order valence-electron chi connectivity index (χ0n) is 4.96. The van der Waals surface area contributed by atoms with Crippen LogP contribution in [0, 0.1) is 0 Å². The normalized spacial score (nSPS) is 13.0. The molecule has 0 radical (unpaired) electrons. The fourth-order valence-electron chi connectivity index (χ4n) is 0.184. The van der Waals surface area contributed by atoms with Gasteiger partial charge in [-0.3, -0.25) is 4.18 Å². The molecule has 11 heavy (non-hydrogen) atoms. The molecule has 0 aromatic heterocycles. The van der Waals surface area contributed by atoms with E-state index in [-0.39, 0.29) is 6.29 Å². The van der Waals surface area contributed by atoms with Crippen molar-refractivity contribution in [2.24, 2.45) is 0 Å². The van der Waals surface area contributed by atoms with Crippen LogP contribution >= 0.6 is 0 Å². The van der Waals surface area contributed by atoms with Gasteiger partial charge >= 0.3 is 15.6 Å². The molecule has 0 saturated carbocycles. The quantitative estimate of drug-likeness (QED) is 0.360. The third-order valence-electron chi connectivity index (χ3n) is 0.575. The molecule has 0 amide bonds. The summed E-state index contributed by atoms with van der Waals surface area (Å²) in [5.41, 5.74) is -5.46. The Morgan fingerprint density at radius 1 is 1.36 bits per heavy atom. The monoisotopic (exact) mass is 192 g/mol. The van der Waals surface area contributed by atoms with Gasteiger partial charge in [0.1, 0.15) is 12.9 Å². The zero-order valence-corrected chi connectivity index (χ0v) is 5.78. The fraction of sp³-hybridized carbons (Fsp3) is 0.667. The first kappa shape index (κ1) is 10.4. The second kappa shape index (κ2) is 3.18. The van der Waals surface area contributed by atoms with E-state index in [1.807, 2.05) is 0 Å². The van der Waals surface area contributed by atoms with E-state index in [1.165, 1.54) is 0 Å². The van der Waals surface area contributed by atoms with Gasteiger partial charge in [-0.1, -0.05) is 0 Å². The van der Waals surface area contributed by atoms with Crippen LogP contribution in [0.15, 0.2) is 0 Å². The van der Waals surface area contributed by atoms with E-state index >= 15 is 0 Å². The van der Waals surface area contributed by atoms with E-state index in [1.54, 1.807) is 0 Å². The molecule has 0 saturated heterocycles. The molecule has 4 nitrogen and oxygen atoms in total. The number of halogens is 3. The summed E-state index contributed by atoms with van der Waals surface area (Å²) in [5, 5.41) is 0. The van der Waals surface area contributed by atoms with Gasteiger partial charge in [0.2, 0.25) is 0 Å². The summed E-state index contributed by atoms with van der Waals surface area (Å²) < 4.78 is 57.0. The maximum Gasteiger partial charge on any atom is 0.523 e. The van der Waals surface area contributed by atoms with E-state index in [0.29, 0.717) is 0 Å². The molecule has 0 atom stereocenters. The number of alkyl halides is 3. The van der Waals surface area contributed by atoms with Gasteiger partial charge in [0, 0.05) is 0 Å². The van der Waals surface area contributed by atoms with Crippen molar-refractivity contribution in [3.8, 4) is 0 Å². The summed E-state index contributed by atoms with van der Waals surface area (Å²) in [4.78, 5) is 9.42. The van der Waals surface area contributed by atoms with Crippen molar-refractivity contribution < 1.29 is 30.6 Å². The highest BCUT2D eigenvalue weighted by Gasteiger charge is 2.47. The molecule has 0 aromatic carbocycles. The van der Waals surface area contributed by atoms with Crippen LogP contribution in [0.3, 0.4) is 0 Å². The van der Waals surface area contributed by atoms with Crippen molar-refractivity contribution in [2.75, 3.05) is 6.61 Å². The average Bonchev–Trinajstić information content (AvgIpc) is 1.81. The second-order valence-corrected chi connectivity index (χ2v) is 2.96. The molecule has 0 aromatic rings. The van der Waals surface area contributed by atoms with Crippen LogP contribution in [-0.4, -0.2) is 26.8 Å². The number of carbonyl (C=O) groups excluding carboxylic acids is 1. The Kier molecular flexibility index (Phi) is 3.00. The maximum atomic E-state index is 11.3. The van der Waals surface area contributed by atoms with Crippen molar-refractivity contribution >= 4 is 16.4 Å². The lowest BCUT2D eigenvalue weighted by molar-refractivity contribution is -0.110. The van der Waals surface area contributed by atoms with Crippen molar-refractivity contribution in [1.82, 2.24) is 0 Å². The Balaban J connectivity index is 4.37. The lowest BCUT2D eigenvalue weighted by Crippen LogP contribution is -2.26. The molecule has 0 rings (SSSR count). The van der Waals surface area contributed by atoms with Crippen molar-refractivity contribution in [3.05, 3.63) is 0 Å². The molecule has 0 heterocycles. The highest BCUT2D eigenvalue weighted by molar-refractivity contribution is 7.87. The summed E-state index contributed by atoms with van der Waals surface area (Å²) in [5.74, 6) is 0. The third-order valence-corrected chi connectivity index (χ3v) is 1.59. The van der Waals surface area contributed by atoms with Crippen LogP contribution in [-0.2, 0) is 19.1 Å². The van der Waals surface area contributed by atoms with Crippen LogP contribution in [0.5, 0.6) is 0 Å². The van der Waals surface area contributed by atoms with Gasteiger partial charge in [-0.25, -0.2) is 0 Å². The third kappa shape index (κ3) is 2.85. The number of rotatable bonds is 3. The lowest BCUT2D eigenvalue weighted by atomic mass is 10.9. The highest BCUT2D eigenvalue weighted by Crippen LogP contribution is 2.23.